The third-order valence-corrected chi connectivity index (χ3v) is 24.7. The van der Waals surface area contributed by atoms with E-state index in [1.165, 1.54) is 115 Å². The summed E-state index contributed by atoms with van der Waals surface area (Å²) in [6.45, 7) is 12.0. The number of phenols is 4. The Morgan fingerprint density at radius 2 is 0.932 bits per heavy atom. The van der Waals surface area contributed by atoms with Gasteiger partial charge in [0.05, 0.1) is 37.3 Å². The van der Waals surface area contributed by atoms with Crippen LogP contribution in [0.5, 0.6) is 23.0 Å². The average Bonchev–Trinajstić information content (AvgIpc) is 0.785. The van der Waals surface area contributed by atoms with Crippen molar-refractivity contribution in [3.8, 4) is 56.4 Å². The summed E-state index contributed by atoms with van der Waals surface area (Å²) >= 11 is 0. The van der Waals surface area contributed by atoms with E-state index in [1.807, 2.05) is 36.4 Å². The SMILES string of the molecule is CCCCCCc1ccc(C(=O)N(C)[C@H](CO)C(=O)N[C@H](C)C(=O)N[C@@H](CCCCN)C(=O)N(C)[C@@H]2C(=O)N[C@@H](C)C(=O)N[C@H](C(C)=O)Cc3ccc(O)c(c3)-c3cc2ccc3O)cc1.CCCCc1ccc(-c2ccc(C(=O)C[C@H](CO)C(=O)N[C@H](C)C(=O)C[C@@H](CCCCN)C(=O)N(C)[C@@H]3C(=O)C[C@@H](C)C(=O)N[C@H](C(C)=O)Cc4ccc(O)c(c4)-c4cc3ccc4O)cc2)cc1. The van der Waals surface area contributed by atoms with Crippen LogP contribution >= 0.6 is 0 Å². The van der Waals surface area contributed by atoms with Crippen LogP contribution in [0.3, 0.4) is 0 Å². The maximum Gasteiger partial charge on any atom is 0.254 e. The van der Waals surface area contributed by atoms with Gasteiger partial charge in [-0.15, -0.1) is 0 Å². The molecular formula is C102H131N11O20. The van der Waals surface area contributed by atoms with Crippen LogP contribution in [0.25, 0.3) is 33.4 Å². The van der Waals surface area contributed by atoms with Crippen LogP contribution in [0.15, 0.2) is 146 Å². The lowest BCUT2D eigenvalue weighted by Crippen LogP contribution is -2.57. The number of nitrogens with zero attached hydrogens (tertiary/aromatic N) is 3. The second-order valence-corrected chi connectivity index (χ2v) is 35.0. The molecule has 2 heterocycles. The molecule has 9 rings (SSSR count). The van der Waals surface area contributed by atoms with Gasteiger partial charge in [-0.3, -0.25) is 67.1 Å². The molecule has 31 heteroatoms. The predicted molar refractivity (Wildman–Crippen MR) is 504 cm³/mol. The lowest BCUT2D eigenvalue weighted by molar-refractivity contribution is -0.144. The Kier molecular flexibility index (Phi) is 40.2. The zero-order valence-electron chi connectivity index (χ0n) is 77.9. The molecule has 16 N–H and O–H groups in total. The second-order valence-electron chi connectivity index (χ2n) is 35.0. The molecule has 2 aliphatic rings. The lowest BCUT2D eigenvalue weighted by atomic mass is 9.88. The highest BCUT2D eigenvalue weighted by molar-refractivity contribution is 6.03. The molecule has 714 valence electrons. The molecule has 2 aliphatic heterocycles. The number of aliphatic hydroxyl groups is 2. The lowest BCUT2D eigenvalue weighted by Gasteiger charge is -2.33. The number of benzene rings is 7. The number of phenolic OH excluding ortho intramolecular Hbond substituents is 4. The number of likely N-dealkylation sites (N-methyl/N-ethyl adjacent to an activating group) is 3. The van der Waals surface area contributed by atoms with E-state index in [2.05, 4.69) is 57.9 Å². The van der Waals surface area contributed by atoms with Crippen molar-refractivity contribution < 1.29 is 97.8 Å². The standard InChI is InChI=1S/C54H66N4O10.C48H65N7O10/c1-6-7-10-35-12-15-37(16-13-35)38-17-19-39(20-18-38)49(64)30-42(31-59)53(67)56-33(3)48(63)29-41(11-8-9-24-55)54(68)58(5)51-40-21-23-47(62)44(28-40)43-26-36(14-22-46(43)61)27-45(34(4)60)57-52(66)32(2)25-50(51)65;1-7-8-9-10-13-31-15-18-33(19-16-31)47(64)54(5)39(27-56)45(62)50-28(2)43(60)52-37(14-11-12-23-49)48(65)55(6)42-34-20-22-41(59)36(26-34)35-24-32(17-21-40(35)58)25-38(30(4)57)53-44(61)29(3)51-46(42)63/h12-23,26,28,32-33,41-42,45,51,59,61-62H,6-11,24-25,27,29-31,55H2,1-5H3,(H,56,67)(H,57,66);15-22,24,26,28-29,37-39,42,56,58-59H,7-14,23,25,27,49H2,1-6H3,(H,50,62)(H,51,63)(H,52,60)(H,53,61)/t32-,33-,41-,42-,45+,51+;28-,29+,37+,38+,39-,42+/m11/s1. The van der Waals surface area contributed by atoms with Crippen LogP contribution in [0, 0.1) is 17.8 Å². The Morgan fingerprint density at radius 1 is 0.459 bits per heavy atom. The van der Waals surface area contributed by atoms with E-state index in [1.54, 1.807) is 55.5 Å². The topological polar surface area (TPSA) is 494 Å². The van der Waals surface area contributed by atoms with E-state index in [4.69, 9.17) is 11.5 Å². The number of ketones is 5. The van der Waals surface area contributed by atoms with Crippen molar-refractivity contribution in [2.75, 3.05) is 47.4 Å². The van der Waals surface area contributed by atoms with E-state index in [0.717, 1.165) is 77.9 Å². The van der Waals surface area contributed by atoms with Crippen molar-refractivity contribution in [1.82, 2.24) is 46.6 Å². The number of fused-ring (bicyclic) bond motifs is 10. The first-order chi connectivity index (χ1) is 63.4. The van der Waals surface area contributed by atoms with Gasteiger partial charge in [-0.2, -0.15) is 0 Å². The number of carbonyl (C=O) groups is 14. The number of aryl methyl sites for hydroxylation is 2. The normalized spacial score (nSPS) is 17.5. The van der Waals surface area contributed by atoms with Gasteiger partial charge in [0, 0.05) is 85.6 Å². The van der Waals surface area contributed by atoms with Crippen molar-refractivity contribution in [2.45, 2.75) is 232 Å². The number of aliphatic hydroxyl groups excluding tert-OH is 2. The van der Waals surface area contributed by atoms with Crippen LogP contribution in [0.1, 0.15) is 218 Å². The van der Waals surface area contributed by atoms with Gasteiger partial charge >= 0.3 is 0 Å². The van der Waals surface area contributed by atoms with Gasteiger partial charge in [-0.1, -0.05) is 138 Å². The number of aromatic hydroxyl groups is 4. The van der Waals surface area contributed by atoms with Gasteiger partial charge < -0.3 is 88.7 Å². The molecule has 0 spiro atoms. The number of carbonyl (C=O) groups excluding carboxylic acids is 14. The molecule has 0 saturated carbocycles. The van der Waals surface area contributed by atoms with Crippen molar-refractivity contribution in [3.63, 3.8) is 0 Å². The number of Topliss-reactive ketones (excluding diaryl/α,β-unsaturated/α-hetero) is 5. The van der Waals surface area contributed by atoms with Gasteiger partial charge in [0.25, 0.3) is 5.91 Å². The van der Waals surface area contributed by atoms with Crippen molar-refractivity contribution in [3.05, 3.63) is 190 Å². The minimum Gasteiger partial charge on any atom is -0.507 e. The van der Waals surface area contributed by atoms with Gasteiger partial charge in [0.2, 0.25) is 47.3 Å². The summed E-state index contributed by atoms with van der Waals surface area (Å²) < 4.78 is 0. The van der Waals surface area contributed by atoms with E-state index in [-0.39, 0.29) is 125 Å². The van der Waals surface area contributed by atoms with Crippen LogP contribution in [-0.2, 0) is 83.2 Å². The smallest absolute Gasteiger partial charge is 0.254 e. The van der Waals surface area contributed by atoms with Crippen molar-refractivity contribution >= 4 is 82.1 Å². The highest BCUT2D eigenvalue weighted by atomic mass is 16.3. The number of hydrogen-bond acceptors (Lipinski definition) is 22. The Hall–Kier alpha value is -12.8. The number of nitrogens with two attached hydrogens (primary N) is 2. The Balaban J connectivity index is 0.000000328. The van der Waals surface area contributed by atoms with E-state index >= 15 is 0 Å². The zero-order valence-corrected chi connectivity index (χ0v) is 77.9. The van der Waals surface area contributed by atoms with Gasteiger partial charge in [0.1, 0.15) is 59.2 Å². The third-order valence-electron chi connectivity index (χ3n) is 24.7. The van der Waals surface area contributed by atoms with Crippen LogP contribution in [0.4, 0.5) is 0 Å². The maximum absolute atomic E-state index is 14.6. The minimum atomic E-state index is -1.47. The Labute approximate surface area is 777 Å². The highest BCUT2D eigenvalue weighted by Gasteiger charge is 2.41. The minimum absolute atomic E-state index is 0.0575. The third kappa shape index (κ3) is 29.1. The molecule has 7 aromatic carbocycles. The van der Waals surface area contributed by atoms with Crippen molar-refractivity contribution in [1.29, 1.82) is 0 Å². The molecule has 0 fully saturated rings. The summed E-state index contributed by atoms with van der Waals surface area (Å²) in [5, 5.41) is 80.4. The largest absolute Gasteiger partial charge is 0.507 e. The molecule has 133 heavy (non-hydrogen) atoms. The van der Waals surface area contributed by atoms with E-state index in [0.29, 0.717) is 54.5 Å². The number of unbranched alkanes of at least 4 members (excludes halogenated alkanes) is 6. The number of hydrogen-bond donors (Lipinski definition) is 14. The number of amides is 9. The van der Waals surface area contributed by atoms with E-state index < -0.39 is 150 Å². The fraction of sp³-hybridized carbons (Fsp3) is 0.451. The molecule has 7 aromatic rings. The molecule has 0 aromatic heterocycles. The molecule has 31 nitrogen and oxygen atoms in total. The number of rotatable bonds is 39. The number of nitrogens with one attached hydrogen (secondary N) is 6. The summed E-state index contributed by atoms with van der Waals surface area (Å²) in [4.78, 5) is 195. The molecule has 0 radical (unpaired) electrons. The van der Waals surface area contributed by atoms with Gasteiger partial charge in [0.15, 0.2) is 28.9 Å². The first-order valence-corrected chi connectivity index (χ1v) is 45.8. The summed E-state index contributed by atoms with van der Waals surface area (Å²) in [5.74, 6) is -12.1. The monoisotopic (exact) mass is 1830 g/mol. The van der Waals surface area contributed by atoms with Gasteiger partial charge in [-0.05, 0) is 224 Å². The van der Waals surface area contributed by atoms with Gasteiger partial charge in [-0.25, -0.2) is 0 Å². The molecule has 0 saturated heterocycles. The first-order valence-electron chi connectivity index (χ1n) is 45.8. The van der Waals surface area contributed by atoms with Crippen LogP contribution in [0.2, 0.25) is 0 Å². The fourth-order valence-electron chi connectivity index (χ4n) is 16.3. The molecule has 8 bridgehead atoms. The Morgan fingerprint density at radius 3 is 1.45 bits per heavy atom. The summed E-state index contributed by atoms with van der Waals surface area (Å²) in [6, 6.07) is 29.1. The molecule has 9 amide bonds. The molecule has 0 aliphatic carbocycles. The highest BCUT2D eigenvalue weighted by Crippen LogP contribution is 2.42. The predicted octanol–water partition coefficient (Wildman–Crippen LogP) is 9.36. The van der Waals surface area contributed by atoms with Crippen LogP contribution in [-0.4, -0.2) is 217 Å². The quantitative estimate of drug-likeness (QED) is 0.0126. The van der Waals surface area contributed by atoms with E-state index in [9.17, 15) is 97.8 Å². The molecular weight excluding hydrogens is 1700 g/mol. The summed E-state index contributed by atoms with van der Waals surface area (Å²) in [6.07, 6.45) is 9.86. The molecule has 12 atom stereocenters. The summed E-state index contributed by atoms with van der Waals surface area (Å²) in [7, 11) is 4.13. The summed E-state index contributed by atoms with van der Waals surface area (Å²) in [5.41, 5.74) is 18.8. The zero-order chi connectivity index (χ0) is 97.6. The molecule has 0 unspecified atom stereocenters. The Bertz CT molecular complexity index is 5280. The fourth-order valence-corrected chi connectivity index (χ4v) is 16.3. The maximum atomic E-state index is 14.6. The van der Waals surface area contributed by atoms with Crippen LogP contribution < -0.4 is 43.4 Å². The first kappa shape index (κ1) is 106. The average molecular weight is 1830 g/mol. The van der Waals surface area contributed by atoms with Crippen molar-refractivity contribution in [2.24, 2.45) is 29.2 Å². The second kappa shape index (κ2) is 50.7.